The molecule has 19 heavy (non-hydrogen) atoms. The van der Waals surface area contributed by atoms with Gasteiger partial charge in [0.25, 0.3) is 0 Å². The van der Waals surface area contributed by atoms with Crippen molar-refractivity contribution in [1.82, 2.24) is 9.97 Å². The van der Waals surface area contributed by atoms with Crippen molar-refractivity contribution < 1.29 is 24.2 Å². The number of carboxylic acids is 2. The molecule has 6 nitrogen and oxygen atoms in total. The highest BCUT2D eigenvalue weighted by Gasteiger charge is 2.20. The van der Waals surface area contributed by atoms with Crippen molar-refractivity contribution >= 4 is 11.9 Å². The van der Waals surface area contributed by atoms with Crippen molar-refractivity contribution in [3.8, 4) is 11.3 Å². The summed E-state index contributed by atoms with van der Waals surface area (Å²) in [4.78, 5) is 29.0. The molecular formula is C12H7FN2O4. The molecule has 0 unspecified atom stereocenters. The van der Waals surface area contributed by atoms with Crippen LogP contribution in [0.15, 0.2) is 30.5 Å². The first kappa shape index (κ1) is 12.6. The van der Waals surface area contributed by atoms with Gasteiger partial charge in [-0.15, -0.1) is 0 Å². The summed E-state index contributed by atoms with van der Waals surface area (Å²) in [6, 6.07) is 5.31. The summed E-state index contributed by atoms with van der Waals surface area (Å²) in [5, 5.41) is 17.7. The van der Waals surface area contributed by atoms with Gasteiger partial charge in [-0.2, -0.15) is 0 Å². The van der Waals surface area contributed by atoms with Crippen LogP contribution < -0.4 is 0 Å². The van der Waals surface area contributed by atoms with Gasteiger partial charge in [0.2, 0.25) is 0 Å². The molecular weight excluding hydrogens is 255 g/mol. The summed E-state index contributed by atoms with van der Waals surface area (Å²) in [7, 11) is 0. The number of aromatic nitrogens is 2. The molecule has 7 heteroatoms. The van der Waals surface area contributed by atoms with E-state index < -0.39 is 29.1 Å². The Labute approximate surface area is 106 Å². The van der Waals surface area contributed by atoms with Crippen molar-refractivity contribution in [3.05, 3.63) is 47.7 Å². The van der Waals surface area contributed by atoms with Crippen LogP contribution in [0.1, 0.15) is 21.0 Å². The average molecular weight is 262 g/mol. The molecule has 96 valence electrons. The normalized spacial score (nSPS) is 10.2. The van der Waals surface area contributed by atoms with Gasteiger partial charge in [-0.1, -0.05) is 12.1 Å². The number of halogens is 1. The van der Waals surface area contributed by atoms with Crippen molar-refractivity contribution in [2.45, 2.75) is 0 Å². The van der Waals surface area contributed by atoms with E-state index in [1.54, 1.807) is 0 Å². The summed E-state index contributed by atoms with van der Waals surface area (Å²) in [6.07, 6.45) is 1.09. The minimum atomic E-state index is -1.51. The summed E-state index contributed by atoms with van der Waals surface area (Å²) in [5.74, 6) is -3.52. The van der Waals surface area contributed by atoms with E-state index in [1.807, 2.05) is 0 Å². The molecule has 0 aliphatic carbocycles. The van der Waals surface area contributed by atoms with E-state index in [0.29, 0.717) is 5.56 Å². The molecule has 0 aliphatic heterocycles. The zero-order chi connectivity index (χ0) is 14.0. The lowest BCUT2D eigenvalue weighted by molar-refractivity contribution is 0.0641. The third kappa shape index (κ3) is 2.54. The Hall–Kier alpha value is -2.83. The van der Waals surface area contributed by atoms with Crippen LogP contribution in [-0.2, 0) is 0 Å². The fraction of sp³-hybridized carbons (Fsp3) is 0. The van der Waals surface area contributed by atoms with E-state index in [4.69, 9.17) is 10.2 Å². The van der Waals surface area contributed by atoms with E-state index in [9.17, 15) is 14.0 Å². The smallest absolute Gasteiger partial charge is 0.357 e. The molecule has 0 fully saturated rings. The van der Waals surface area contributed by atoms with Crippen molar-refractivity contribution in [2.75, 3.05) is 0 Å². The predicted molar refractivity (Wildman–Crippen MR) is 61.3 cm³/mol. The van der Waals surface area contributed by atoms with Crippen LogP contribution in [0.2, 0.25) is 0 Å². The number of aromatic carboxylic acids is 2. The molecule has 0 radical (unpaired) electrons. The number of benzene rings is 1. The van der Waals surface area contributed by atoms with Crippen LogP contribution in [0, 0.1) is 5.82 Å². The van der Waals surface area contributed by atoms with Crippen LogP contribution >= 0.6 is 0 Å². The largest absolute Gasteiger partial charge is 0.476 e. The first-order valence-corrected chi connectivity index (χ1v) is 5.08. The second kappa shape index (κ2) is 4.81. The van der Waals surface area contributed by atoms with Crippen LogP contribution in [0.3, 0.4) is 0 Å². The van der Waals surface area contributed by atoms with Crippen molar-refractivity contribution in [2.24, 2.45) is 0 Å². The van der Waals surface area contributed by atoms with E-state index in [-0.39, 0.29) is 5.69 Å². The molecule has 0 saturated carbocycles. The quantitative estimate of drug-likeness (QED) is 0.872. The summed E-state index contributed by atoms with van der Waals surface area (Å²) < 4.78 is 13.1. The SMILES string of the molecule is O=C(O)c1ncc(-c2cccc(F)c2)nc1C(=O)O. The minimum Gasteiger partial charge on any atom is -0.476 e. The summed E-state index contributed by atoms with van der Waals surface area (Å²) >= 11 is 0. The highest BCUT2D eigenvalue weighted by atomic mass is 19.1. The molecule has 2 rings (SSSR count). The Bertz CT molecular complexity index is 673. The zero-order valence-corrected chi connectivity index (χ0v) is 9.37. The maximum absolute atomic E-state index is 13.1. The number of nitrogens with zero attached hydrogens (tertiary/aromatic N) is 2. The van der Waals surface area contributed by atoms with Gasteiger partial charge in [-0.3, -0.25) is 0 Å². The van der Waals surface area contributed by atoms with Gasteiger partial charge in [0.1, 0.15) is 5.82 Å². The van der Waals surface area contributed by atoms with Crippen LogP contribution in [-0.4, -0.2) is 32.1 Å². The second-order valence-electron chi connectivity index (χ2n) is 3.57. The van der Waals surface area contributed by atoms with E-state index in [0.717, 1.165) is 12.3 Å². The highest BCUT2D eigenvalue weighted by molar-refractivity contribution is 5.99. The monoisotopic (exact) mass is 262 g/mol. The Morgan fingerprint density at radius 3 is 2.37 bits per heavy atom. The molecule has 0 amide bonds. The van der Waals surface area contributed by atoms with Crippen LogP contribution in [0.25, 0.3) is 11.3 Å². The fourth-order valence-electron chi connectivity index (χ4n) is 1.48. The molecule has 2 N–H and O–H groups in total. The number of hydrogen-bond acceptors (Lipinski definition) is 4. The first-order chi connectivity index (χ1) is 8.99. The van der Waals surface area contributed by atoms with Crippen LogP contribution in [0.5, 0.6) is 0 Å². The molecule has 1 aromatic carbocycles. The Kier molecular flexibility index (Phi) is 3.19. The maximum Gasteiger partial charge on any atom is 0.357 e. The Morgan fingerprint density at radius 2 is 1.79 bits per heavy atom. The van der Waals surface area contributed by atoms with Gasteiger partial charge in [0, 0.05) is 5.56 Å². The fourth-order valence-corrected chi connectivity index (χ4v) is 1.48. The standard InChI is InChI=1S/C12H7FN2O4/c13-7-3-1-2-6(4-7)8-5-14-9(11(16)17)10(15-8)12(18)19/h1-5H,(H,16,17)(H,18,19). The van der Waals surface area contributed by atoms with Gasteiger partial charge in [0.15, 0.2) is 11.4 Å². The third-order valence-corrected chi connectivity index (χ3v) is 2.30. The highest BCUT2D eigenvalue weighted by Crippen LogP contribution is 2.18. The number of carboxylic acid groups (broad SMARTS) is 2. The van der Waals surface area contributed by atoms with Gasteiger partial charge in [-0.25, -0.2) is 23.9 Å². The van der Waals surface area contributed by atoms with Crippen molar-refractivity contribution in [1.29, 1.82) is 0 Å². The Morgan fingerprint density at radius 1 is 1.11 bits per heavy atom. The zero-order valence-electron chi connectivity index (χ0n) is 9.37. The van der Waals surface area contributed by atoms with Crippen LogP contribution in [0.4, 0.5) is 4.39 Å². The van der Waals surface area contributed by atoms with Gasteiger partial charge >= 0.3 is 11.9 Å². The van der Waals surface area contributed by atoms with E-state index >= 15 is 0 Å². The lowest BCUT2D eigenvalue weighted by Crippen LogP contribution is -2.13. The molecule has 1 heterocycles. The maximum atomic E-state index is 13.1. The number of hydrogen-bond donors (Lipinski definition) is 2. The van der Waals surface area contributed by atoms with Gasteiger partial charge in [0.05, 0.1) is 11.9 Å². The van der Waals surface area contributed by atoms with E-state index in [2.05, 4.69) is 9.97 Å². The molecule has 0 atom stereocenters. The molecule has 2 aromatic rings. The minimum absolute atomic E-state index is 0.0851. The second-order valence-corrected chi connectivity index (χ2v) is 3.57. The predicted octanol–water partition coefficient (Wildman–Crippen LogP) is 1.68. The molecule has 0 aliphatic rings. The van der Waals surface area contributed by atoms with Gasteiger partial charge in [-0.05, 0) is 12.1 Å². The molecule has 1 aromatic heterocycles. The summed E-state index contributed by atoms with van der Waals surface area (Å²) in [6.45, 7) is 0. The van der Waals surface area contributed by atoms with Crippen molar-refractivity contribution in [3.63, 3.8) is 0 Å². The number of carbonyl (C=O) groups is 2. The number of rotatable bonds is 3. The van der Waals surface area contributed by atoms with Gasteiger partial charge < -0.3 is 10.2 Å². The molecule has 0 bridgehead atoms. The Balaban J connectivity index is 2.58. The summed E-state index contributed by atoms with van der Waals surface area (Å²) in [5.41, 5.74) is -0.948. The average Bonchev–Trinajstić information content (AvgIpc) is 2.37. The first-order valence-electron chi connectivity index (χ1n) is 5.08. The van der Waals surface area contributed by atoms with E-state index in [1.165, 1.54) is 18.2 Å². The molecule has 0 spiro atoms. The lowest BCUT2D eigenvalue weighted by atomic mass is 10.1. The topological polar surface area (TPSA) is 100 Å². The third-order valence-electron chi connectivity index (χ3n) is 2.30. The lowest BCUT2D eigenvalue weighted by Gasteiger charge is -2.04. The molecule has 0 saturated heterocycles.